The number of hydrogen-bond donors (Lipinski definition) is 1. The molecule has 0 saturated heterocycles. The lowest BCUT2D eigenvalue weighted by Crippen LogP contribution is -2.21. The lowest BCUT2D eigenvalue weighted by atomic mass is 10.5. The molecule has 1 N–H and O–H groups in total. The van der Waals surface area contributed by atoms with Gasteiger partial charge >= 0.3 is 0 Å². The smallest absolute Gasteiger partial charge is 0.185 e. The van der Waals surface area contributed by atoms with Crippen LogP contribution in [0.2, 0.25) is 0 Å². The Morgan fingerprint density at radius 2 is 2.27 bits per heavy atom. The van der Waals surface area contributed by atoms with Crippen molar-refractivity contribution in [1.82, 2.24) is 10.3 Å². The highest BCUT2D eigenvalue weighted by Crippen LogP contribution is 2.21. The van der Waals surface area contributed by atoms with Crippen molar-refractivity contribution in [2.75, 3.05) is 24.5 Å². The average Bonchev–Trinajstić information content (AvgIpc) is 2.69. The van der Waals surface area contributed by atoms with E-state index in [9.17, 15) is 0 Å². The molecule has 1 rings (SSSR count). The molecule has 4 heteroatoms. The fraction of sp³-hybridized carbons (Fsp3) is 0.545. The van der Waals surface area contributed by atoms with Gasteiger partial charge in [0.15, 0.2) is 5.13 Å². The van der Waals surface area contributed by atoms with Gasteiger partial charge in [0.2, 0.25) is 0 Å². The minimum absolute atomic E-state index is 0.846. The summed E-state index contributed by atoms with van der Waals surface area (Å²) in [6, 6.07) is 0. The highest BCUT2D eigenvalue weighted by atomic mass is 32.1. The molecule has 3 nitrogen and oxygen atoms in total. The molecule has 0 aliphatic carbocycles. The molecule has 1 aromatic rings. The molecule has 0 amide bonds. The van der Waals surface area contributed by atoms with Crippen LogP contribution in [-0.4, -0.2) is 24.6 Å². The average molecular weight is 225 g/mol. The summed E-state index contributed by atoms with van der Waals surface area (Å²) in [5.74, 6) is 0. The third-order valence-electron chi connectivity index (χ3n) is 2.16. The Kier molecular flexibility index (Phi) is 5.36. The predicted octanol–water partition coefficient (Wildman–Crippen LogP) is 2.26. The maximum atomic E-state index is 4.42. The first kappa shape index (κ1) is 12.2. The third kappa shape index (κ3) is 3.64. The number of nitrogens with zero attached hydrogens (tertiary/aromatic N) is 2. The van der Waals surface area contributed by atoms with E-state index in [4.69, 9.17) is 0 Å². The van der Waals surface area contributed by atoms with Crippen LogP contribution in [0, 0.1) is 0 Å². The number of aromatic nitrogens is 1. The fourth-order valence-corrected chi connectivity index (χ4v) is 2.32. The quantitative estimate of drug-likeness (QED) is 0.570. The SMILES string of the molecule is C=CCNCc1cnc(N(CC)CC)s1. The van der Waals surface area contributed by atoms with Crippen LogP contribution < -0.4 is 10.2 Å². The molecule has 0 saturated carbocycles. The van der Waals surface area contributed by atoms with Crippen molar-refractivity contribution >= 4 is 16.5 Å². The van der Waals surface area contributed by atoms with E-state index in [1.807, 2.05) is 12.3 Å². The van der Waals surface area contributed by atoms with Crippen LogP contribution in [0.5, 0.6) is 0 Å². The van der Waals surface area contributed by atoms with E-state index >= 15 is 0 Å². The van der Waals surface area contributed by atoms with E-state index in [-0.39, 0.29) is 0 Å². The van der Waals surface area contributed by atoms with Gasteiger partial charge in [-0.1, -0.05) is 6.08 Å². The third-order valence-corrected chi connectivity index (χ3v) is 3.22. The minimum Gasteiger partial charge on any atom is -0.349 e. The zero-order valence-corrected chi connectivity index (χ0v) is 10.3. The maximum Gasteiger partial charge on any atom is 0.185 e. The summed E-state index contributed by atoms with van der Waals surface area (Å²) in [4.78, 5) is 7.96. The molecular formula is C11H19N3S. The molecular weight excluding hydrogens is 206 g/mol. The summed E-state index contributed by atoms with van der Waals surface area (Å²) in [5, 5.41) is 4.39. The van der Waals surface area contributed by atoms with Gasteiger partial charge in [-0.25, -0.2) is 4.98 Å². The van der Waals surface area contributed by atoms with Gasteiger partial charge in [0.25, 0.3) is 0 Å². The highest BCUT2D eigenvalue weighted by molar-refractivity contribution is 7.15. The van der Waals surface area contributed by atoms with Gasteiger partial charge in [-0.3, -0.25) is 0 Å². The molecule has 0 atom stereocenters. The molecule has 15 heavy (non-hydrogen) atoms. The molecule has 0 radical (unpaired) electrons. The Morgan fingerprint density at radius 1 is 1.53 bits per heavy atom. The topological polar surface area (TPSA) is 28.2 Å². The fourth-order valence-electron chi connectivity index (χ4n) is 1.32. The van der Waals surface area contributed by atoms with E-state index in [2.05, 4.69) is 35.6 Å². The van der Waals surface area contributed by atoms with Crippen molar-refractivity contribution in [3.05, 3.63) is 23.7 Å². The van der Waals surface area contributed by atoms with E-state index < -0.39 is 0 Å². The summed E-state index contributed by atoms with van der Waals surface area (Å²) >= 11 is 1.76. The van der Waals surface area contributed by atoms with Crippen LogP contribution in [-0.2, 0) is 6.54 Å². The summed E-state index contributed by atoms with van der Waals surface area (Å²) < 4.78 is 0. The Balaban J connectivity index is 2.51. The zero-order chi connectivity index (χ0) is 11.1. The van der Waals surface area contributed by atoms with Crippen molar-refractivity contribution in [3.8, 4) is 0 Å². The van der Waals surface area contributed by atoms with Crippen LogP contribution in [0.3, 0.4) is 0 Å². The van der Waals surface area contributed by atoms with E-state index in [0.29, 0.717) is 0 Å². The molecule has 0 spiro atoms. The zero-order valence-electron chi connectivity index (χ0n) is 9.49. The Labute approximate surface area is 95.8 Å². The number of rotatable bonds is 7. The van der Waals surface area contributed by atoms with Crippen LogP contribution in [0.15, 0.2) is 18.9 Å². The predicted molar refractivity (Wildman–Crippen MR) is 67.6 cm³/mol. The molecule has 1 aromatic heterocycles. The molecule has 0 bridgehead atoms. The number of nitrogens with one attached hydrogen (secondary N) is 1. The van der Waals surface area contributed by atoms with Gasteiger partial charge in [0, 0.05) is 37.3 Å². The minimum atomic E-state index is 0.846. The van der Waals surface area contributed by atoms with Crippen molar-refractivity contribution in [3.63, 3.8) is 0 Å². The normalized spacial score (nSPS) is 10.3. The molecule has 1 heterocycles. The standard InChI is InChI=1S/C11H19N3S/c1-4-7-12-8-10-9-13-11(15-10)14(5-2)6-3/h4,9,12H,1,5-8H2,2-3H3. The number of anilines is 1. The van der Waals surface area contributed by atoms with Gasteiger partial charge in [0.1, 0.15) is 0 Å². The van der Waals surface area contributed by atoms with Crippen LogP contribution >= 0.6 is 11.3 Å². The molecule has 0 unspecified atom stereocenters. The van der Waals surface area contributed by atoms with Gasteiger partial charge in [-0.15, -0.1) is 17.9 Å². The van der Waals surface area contributed by atoms with Crippen molar-refractivity contribution in [2.45, 2.75) is 20.4 Å². The number of thiazole rings is 1. The molecule has 0 aliphatic rings. The van der Waals surface area contributed by atoms with E-state index in [1.165, 1.54) is 4.88 Å². The second-order valence-corrected chi connectivity index (χ2v) is 4.29. The summed E-state index contributed by atoms with van der Waals surface area (Å²) in [5.41, 5.74) is 0. The van der Waals surface area contributed by atoms with Crippen LogP contribution in [0.1, 0.15) is 18.7 Å². The van der Waals surface area contributed by atoms with Gasteiger partial charge in [0.05, 0.1) is 0 Å². The van der Waals surface area contributed by atoms with Gasteiger partial charge < -0.3 is 10.2 Å². The molecule has 0 aromatic carbocycles. The second kappa shape index (κ2) is 6.58. The molecule has 0 aliphatic heterocycles. The van der Waals surface area contributed by atoms with Crippen molar-refractivity contribution in [1.29, 1.82) is 0 Å². The second-order valence-electron chi connectivity index (χ2n) is 3.20. The first-order chi connectivity index (χ1) is 7.31. The van der Waals surface area contributed by atoms with Crippen molar-refractivity contribution < 1.29 is 0 Å². The monoisotopic (exact) mass is 225 g/mol. The first-order valence-electron chi connectivity index (χ1n) is 5.33. The van der Waals surface area contributed by atoms with Crippen molar-refractivity contribution in [2.24, 2.45) is 0 Å². The maximum absolute atomic E-state index is 4.42. The van der Waals surface area contributed by atoms with Gasteiger partial charge in [-0.05, 0) is 13.8 Å². The van der Waals surface area contributed by atoms with Crippen LogP contribution in [0.25, 0.3) is 0 Å². The Hall–Kier alpha value is -0.870. The molecule has 84 valence electrons. The lowest BCUT2D eigenvalue weighted by molar-refractivity contribution is 0.769. The van der Waals surface area contributed by atoms with E-state index in [0.717, 1.165) is 31.3 Å². The lowest BCUT2D eigenvalue weighted by Gasteiger charge is -2.16. The van der Waals surface area contributed by atoms with Crippen LogP contribution in [0.4, 0.5) is 5.13 Å². The van der Waals surface area contributed by atoms with Gasteiger partial charge in [-0.2, -0.15) is 0 Å². The summed E-state index contributed by atoms with van der Waals surface area (Å²) in [6.45, 7) is 11.7. The Morgan fingerprint density at radius 3 is 2.87 bits per heavy atom. The number of hydrogen-bond acceptors (Lipinski definition) is 4. The van der Waals surface area contributed by atoms with E-state index in [1.54, 1.807) is 11.3 Å². The highest BCUT2D eigenvalue weighted by Gasteiger charge is 2.06. The summed E-state index contributed by atoms with van der Waals surface area (Å²) in [6.07, 6.45) is 3.82. The largest absolute Gasteiger partial charge is 0.349 e. The Bertz CT molecular complexity index is 292. The first-order valence-corrected chi connectivity index (χ1v) is 6.14. The summed E-state index contributed by atoms with van der Waals surface area (Å²) in [7, 11) is 0. The molecule has 0 fully saturated rings.